The summed E-state index contributed by atoms with van der Waals surface area (Å²) in [5.41, 5.74) is 1.10. The van der Waals surface area contributed by atoms with Crippen LogP contribution in [0.2, 0.25) is 10.0 Å². The molecule has 1 saturated carbocycles. The minimum absolute atomic E-state index is 0.0166. The van der Waals surface area contributed by atoms with Crippen LogP contribution in [-0.2, 0) is 0 Å². The fraction of sp³-hybridized carbons (Fsp3) is 0.162. The lowest BCUT2D eigenvalue weighted by molar-refractivity contribution is 0.0697. The van der Waals surface area contributed by atoms with Gasteiger partial charge in [-0.2, -0.15) is 0 Å². The Morgan fingerprint density at radius 1 is 0.660 bits per heavy atom. The number of aromatic carboxylic acids is 1. The summed E-state index contributed by atoms with van der Waals surface area (Å²) in [5, 5.41) is 17.9. The molecule has 0 radical (unpaired) electrons. The van der Waals surface area contributed by atoms with E-state index in [0.29, 0.717) is 32.7 Å². The molecule has 0 atom stereocenters. The predicted octanol–water partition coefficient (Wildman–Crippen LogP) is 9.01. The highest BCUT2D eigenvalue weighted by molar-refractivity contribution is 6.42. The Morgan fingerprint density at radius 2 is 1.30 bits per heavy atom. The molecule has 1 aliphatic rings. The highest BCUT2D eigenvalue weighted by Gasteiger charge is 2.24. The minimum atomic E-state index is -1.12. The number of hydrogen-bond donors (Lipinski definition) is 3. The maximum absolute atomic E-state index is 12.7. The normalized spacial score (nSPS) is 15.9. The van der Waals surface area contributed by atoms with Gasteiger partial charge >= 0.3 is 5.97 Å². The van der Waals surface area contributed by atoms with Crippen LogP contribution in [0.1, 0.15) is 56.8 Å². The fourth-order valence-electron chi connectivity index (χ4n) is 5.55. The van der Waals surface area contributed by atoms with Gasteiger partial charge in [-0.25, -0.2) is 4.79 Å². The van der Waals surface area contributed by atoms with Gasteiger partial charge in [0, 0.05) is 17.2 Å². The van der Waals surface area contributed by atoms with Gasteiger partial charge < -0.3 is 25.2 Å². The van der Waals surface area contributed by atoms with E-state index >= 15 is 0 Å². The molecule has 10 heteroatoms. The molecular weight excluding hydrogens is 639 g/mol. The number of fused-ring (bicyclic) bond motifs is 1. The molecule has 238 valence electrons. The molecule has 0 bridgehead atoms. The van der Waals surface area contributed by atoms with Crippen molar-refractivity contribution in [2.45, 2.75) is 37.8 Å². The fourth-order valence-corrected chi connectivity index (χ4v) is 5.84. The molecule has 6 rings (SSSR count). The summed E-state index contributed by atoms with van der Waals surface area (Å²) in [6, 6.07) is 29.5. The number of carboxylic acid groups (broad SMARTS) is 1. The lowest BCUT2D eigenvalue weighted by Gasteiger charge is -2.29. The van der Waals surface area contributed by atoms with E-state index in [9.17, 15) is 19.5 Å². The molecule has 5 aromatic carbocycles. The van der Waals surface area contributed by atoms with E-state index < -0.39 is 11.9 Å². The lowest BCUT2D eigenvalue weighted by Crippen LogP contribution is -2.39. The summed E-state index contributed by atoms with van der Waals surface area (Å²) in [6.07, 6.45) is 3.35. The van der Waals surface area contributed by atoms with Crippen molar-refractivity contribution in [2.24, 2.45) is 0 Å². The molecule has 8 nitrogen and oxygen atoms in total. The third-order valence-corrected chi connectivity index (χ3v) is 8.77. The number of rotatable bonds is 9. The number of carbonyl (C=O) groups is 3. The smallest absolute Gasteiger partial charge is 0.337 e. The Labute approximate surface area is 281 Å². The number of para-hydroxylation sites is 1. The molecule has 0 unspecified atom stereocenters. The summed E-state index contributed by atoms with van der Waals surface area (Å²) in [6.45, 7) is 0. The number of carboxylic acids is 1. The van der Waals surface area contributed by atoms with Crippen molar-refractivity contribution in [1.82, 2.24) is 5.32 Å². The Kier molecular flexibility index (Phi) is 9.61. The number of anilines is 1. The van der Waals surface area contributed by atoms with Crippen LogP contribution in [0.15, 0.2) is 103 Å². The first-order valence-electron chi connectivity index (χ1n) is 15.1. The van der Waals surface area contributed by atoms with Crippen molar-refractivity contribution in [3.63, 3.8) is 0 Å². The molecule has 1 fully saturated rings. The number of hydrogen-bond acceptors (Lipinski definition) is 5. The van der Waals surface area contributed by atoms with Gasteiger partial charge in [-0.15, -0.1) is 0 Å². The van der Waals surface area contributed by atoms with Crippen LogP contribution in [0.4, 0.5) is 5.69 Å². The van der Waals surface area contributed by atoms with E-state index in [1.807, 2.05) is 36.4 Å². The van der Waals surface area contributed by atoms with Crippen molar-refractivity contribution in [1.29, 1.82) is 0 Å². The Hall–Kier alpha value is -5.05. The molecule has 5 aromatic rings. The molecule has 47 heavy (non-hydrogen) atoms. The second-order valence-electron chi connectivity index (χ2n) is 11.3. The summed E-state index contributed by atoms with van der Waals surface area (Å²) >= 11 is 12.0. The zero-order valence-corrected chi connectivity index (χ0v) is 26.6. The van der Waals surface area contributed by atoms with Crippen LogP contribution in [0.5, 0.6) is 17.2 Å². The van der Waals surface area contributed by atoms with Crippen LogP contribution in [0.3, 0.4) is 0 Å². The molecule has 1 aliphatic carbocycles. The maximum Gasteiger partial charge on any atom is 0.337 e. The Balaban J connectivity index is 1.01. The standard InChI is InChI=1S/C37H30Cl2N2O6/c38-32-18-9-25(21-33(32)39)36(43)40-26-10-16-28(17-11-26)47-30-15-8-23-19-29(14-7-24(23)20-30)46-27-12-5-22(6-13-27)35(42)41-34-4-2-1-3-31(34)37(44)45/h1-9,12-15,18-21,26,28H,10-11,16-17H2,(H,40,43)(H,41,42)(H,44,45). The van der Waals surface area contributed by atoms with E-state index in [1.54, 1.807) is 60.7 Å². The summed E-state index contributed by atoms with van der Waals surface area (Å²) in [4.78, 5) is 36.8. The van der Waals surface area contributed by atoms with E-state index in [2.05, 4.69) is 10.6 Å². The molecule has 0 heterocycles. The SMILES string of the molecule is O=C(Nc1ccccc1C(=O)O)c1ccc(Oc2ccc3cc(OC4CCC(NC(=O)c5ccc(Cl)c(Cl)c5)CC4)ccc3c2)cc1. The third-order valence-electron chi connectivity index (χ3n) is 8.04. The van der Waals surface area contributed by atoms with Gasteiger partial charge in [-0.05, 0) is 115 Å². The van der Waals surface area contributed by atoms with Gasteiger partial charge in [-0.1, -0.05) is 47.5 Å². The number of benzene rings is 5. The predicted molar refractivity (Wildman–Crippen MR) is 182 cm³/mol. The second kappa shape index (κ2) is 14.2. The maximum atomic E-state index is 12.7. The molecule has 2 amide bonds. The van der Waals surface area contributed by atoms with E-state index in [-0.39, 0.29) is 29.3 Å². The van der Waals surface area contributed by atoms with Crippen LogP contribution in [-0.4, -0.2) is 35.0 Å². The van der Waals surface area contributed by atoms with Gasteiger partial charge in [-0.3, -0.25) is 9.59 Å². The molecule has 0 aromatic heterocycles. The summed E-state index contributed by atoms with van der Waals surface area (Å²) < 4.78 is 12.3. The largest absolute Gasteiger partial charge is 0.490 e. The molecular formula is C37H30Cl2N2O6. The highest BCUT2D eigenvalue weighted by atomic mass is 35.5. The van der Waals surface area contributed by atoms with Crippen molar-refractivity contribution in [3.05, 3.63) is 130 Å². The molecule has 0 aliphatic heterocycles. The average molecular weight is 670 g/mol. The first-order valence-corrected chi connectivity index (χ1v) is 15.9. The Morgan fingerprint density at radius 3 is 2.00 bits per heavy atom. The monoisotopic (exact) mass is 668 g/mol. The van der Waals surface area contributed by atoms with Crippen molar-refractivity contribution in [2.75, 3.05) is 5.32 Å². The molecule has 0 spiro atoms. The summed E-state index contributed by atoms with van der Waals surface area (Å²) in [5.74, 6) is 0.276. The van der Waals surface area contributed by atoms with E-state index in [1.165, 1.54) is 6.07 Å². The third kappa shape index (κ3) is 7.85. The van der Waals surface area contributed by atoms with Gasteiger partial charge in [0.05, 0.1) is 27.4 Å². The van der Waals surface area contributed by atoms with Crippen LogP contribution >= 0.6 is 23.2 Å². The van der Waals surface area contributed by atoms with Crippen LogP contribution in [0, 0.1) is 0 Å². The van der Waals surface area contributed by atoms with Gasteiger partial charge in [0.15, 0.2) is 0 Å². The van der Waals surface area contributed by atoms with Crippen LogP contribution < -0.4 is 20.1 Å². The van der Waals surface area contributed by atoms with Crippen LogP contribution in [0.25, 0.3) is 10.8 Å². The number of nitrogens with one attached hydrogen (secondary N) is 2. The van der Waals surface area contributed by atoms with Crippen molar-refractivity contribution in [3.8, 4) is 17.2 Å². The zero-order chi connectivity index (χ0) is 32.9. The quantitative estimate of drug-likeness (QED) is 0.144. The highest BCUT2D eigenvalue weighted by Crippen LogP contribution is 2.31. The minimum Gasteiger partial charge on any atom is -0.490 e. The zero-order valence-electron chi connectivity index (χ0n) is 25.0. The second-order valence-corrected chi connectivity index (χ2v) is 12.1. The Bertz CT molecular complexity index is 1960. The summed E-state index contributed by atoms with van der Waals surface area (Å²) in [7, 11) is 0. The van der Waals surface area contributed by atoms with Crippen molar-refractivity contribution < 1.29 is 29.0 Å². The number of ether oxygens (including phenoxy) is 2. The van der Waals surface area contributed by atoms with Crippen molar-refractivity contribution >= 4 is 57.4 Å². The first kappa shape index (κ1) is 31.9. The van der Waals surface area contributed by atoms with Gasteiger partial charge in [0.25, 0.3) is 11.8 Å². The molecule has 3 N–H and O–H groups in total. The molecule has 0 saturated heterocycles. The number of amides is 2. The topological polar surface area (TPSA) is 114 Å². The number of halogens is 2. The van der Waals surface area contributed by atoms with E-state index in [4.69, 9.17) is 32.7 Å². The number of carbonyl (C=O) groups excluding carboxylic acids is 2. The first-order chi connectivity index (χ1) is 22.7. The van der Waals surface area contributed by atoms with Gasteiger partial charge in [0.2, 0.25) is 0 Å². The van der Waals surface area contributed by atoms with E-state index in [0.717, 1.165) is 42.2 Å². The lowest BCUT2D eigenvalue weighted by atomic mass is 9.92. The average Bonchev–Trinajstić information content (AvgIpc) is 3.07. The van der Waals surface area contributed by atoms with Gasteiger partial charge in [0.1, 0.15) is 17.2 Å².